The molecule has 4 aromatic rings. The average Bonchev–Trinajstić information content (AvgIpc) is 3.04. The second-order valence-corrected chi connectivity index (χ2v) is 8.05. The Kier molecular flexibility index (Phi) is 4.48. The number of pyridine rings is 1. The minimum Gasteiger partial charge on any atom is -0.276 e. The van der Waals surface area contributed by atoms with E-state index in [1.807, 2.05) is 6.92 Å². The lowest BCUT2D eigenvalue weighted by Gasteiger charge is -2.11. The SMILES string of the molecule is Cc1cnc2ccc(-c3cnc(Cl)c(NS(=O)(=O)c4ccc(F)cc4)c3)nn12. The fraction of sp³-hybridized carbons (Fsp3) is 0.0556. The first-order valence-electron chi connectivity index (χ1n) is 8.09. The molecule has 0 aliphatic rings. The van der Waals surface area contributed by atoms with Crippen LogP contribution in [0.5, 0.6) is 0 Å². The number of anilines is 1. The van der Waals surface area contributed by atoms with E-state index in [1.165, 1.54) is 24.4 Å². The van der Waals surface area contributed by atoms with Gasteiger partial charge in [-0.3, -0.25) is 4.72 Å². The lowest BCUT2D eigenvalue weighted by molar-refractivity contribution is 0.599. The van der Waals surface area contributed by atoms with Crippen LogP contribution in [0.15, 0.2) is 59.8 Å². The highest BCUT2D eigenvalue weighted by atomic mass is 35.5. The fourth-order valence-corrected chi connectivity index (χ4v) is 3.88. The van der Waals surface area contributed by atoms with Gasteiger partial charge < -0.3 is 0 Å². The summed E-state index contributed by atoms with van der Waals surface area (Å²) in [6.07, 6.45) is 3.20. The molecule has 0 aliphatic heterocycles. The Labute approximate surface area is 164 Å². The van der Waals surface area contributed by atoms with Gasteiger partial charge in [-0.2, -0.15) is 5.10 Å². The van der Waals surface area contributed by atoms with E-state index in [9.17, 15) is 12.8 Å². The zero-order valence-electron chi connectivity index (χ0n) is 14.5. The van der Waals surface area contributed by atoms with Crippen molar-refractivity contribution in [3.63, 3.8) is 0 Å². The van der Waals surface area contributed by atoms with Gasteiger partial charge >= 0.3 is 0 Å². The molecule has 0 fully saturated rings. The lowest BCUT2D eigenvalue weighted by Crippen LogP contribution is -2.13. The maximum atomic E-state index is 13.1. The van der Waals surface area contributed by atoms with Crippen molar-refractivity contribution in [2.75, 3.05) is 4.72 Å². The van der Waals surface area contributed by atoms with E-state index >= 15 is 0 Å². The van der Waals surface area contributed by atoms with Crippen LogP contribution in [0.1, 0.15) is 5.69 Å². The molecule has 1 N–H and O–H groups in total. The summed E-state index contributed by atoms with van der Waals surface area (Å²) in [7, 11) is -3.96. The van der Waals surface area contributed by atoms with Crippen molar-refractivity contribution in [2.24, 2.45) is 0 Å². The minimum atomic E-state index is -3.96. The van der Waals surface area contributed by atoms with Crippen molar-refractivity contribution in [3.05, 3.63) is 71.5 Å². The first-order chi connectivity index (χ1) is 13.3. The Morgan fingerprint density at radius 3 is 2.57 bits per heavy atom. The van der Waals surface area contributed by atoms with Crippen LogP contribution < -0.4 is 4.72 Å². The Balaban J connectivity index is 1.72. The van der Waals surface area contributed by atoms with E-state index < -0.39 is 15.8 Å². The zero-order valence-corrected chi connectivity index (χ0v) is 16.0. The topological polar surface area (TPSA) is 89.2 Å². The molecule has 3 aromatic heterocycles. The quantitative estimate of drug-likeness (QED) is 0.511. The summed E-state index contributed by atoms with van der Waals surface area (Å²) in [4.78, 5) is 8.18. The number of hydrogen-bond acceptors (Lipinski definition) is 5. The molecule has 0 unspecified atom stereocenters. The lowest BCUT2D eigenvalue weighted by atomic mass is 10.2. The van der Waals surface area contributed by atoms with E-state index in [0.29, 0.717) is 16.9 Å². The zero-order chi connectivity index (χ0) is 19.9. The number of fused-ring (bicyclic) bond motifs is 1. The maximum absolute atomic E-state index is 13.1. The van der Waals surface area contributed by atoms with Crippen molar-refractivity contribution >= 4 is 33.0 Å². The van der Waals surface area contributed by atoms with Gasteiger partial charge in [0.1, 0.15) is 5.82 Å². The van der Waals surface area contributed by atoms with Crippen molar-refractivity contribution < 1.29 is 12.8 Å². The predicted molar refractivity (Wildman–Crippen MR) is 103 cm³/mol. The smallest absolute Gasteiger partial charge is 0.261 e. The van der Waals surface area contributed by atoms with E-state index in [2.05, 4.69) is 19.8 Å². The van der Waals surface area contributed by atoms with Gasteiger partial charge in [0.15, 0.2) is 10.8 Å². The van der Waals surface area contributed by atoms with Gasteiger partial charge in [-0.1, -0.05) is 11.6 Å². The van der Waals surface area contributed by atoms with Gasteiger partial charge in [0, 0.05) is 11.8 Å². The van der Waals surface area contributed by atoms with Gasteiger partial charge in [-0.05, 0) is 49.4 Å². The van der Waals surface area contributed by atoms with Crippen LogP contribution in [0, 0.1) is 12.7 Å². The van der Waals surface area contributed by atoms with Crippen LogP contribution >= 0.6 is 11.6 Å². The maximum Gasteiger partial charge on any atom is 0.261 e. The summed E-state index contributed by atoms with van der Waals surface area (Å²) in [6, 6.07) is 9.56. The van der Waals surface area contributed by atoms with E-state index in [-0.39, 0.29) is 15.7 Å². The van der Waals surface area contributed by atoms with Gasteiger partial charge in [-0.15, -0.1) is 0 Å². The Morgan fingerprint density at radius 1 is 1.07 bits per heavy atom. The number of rotatable bonds is 4. The molecule has 0 saturated heterocycles. The molecule has 142 valence electrons. The number of imidazole rings is 1. The Bertz CT molecular complexity index is 1290. The average molecular weight is 418 g/mol. The Hall–Kier alpha value is -3.04. The van der Waals surface area contributed by atoms with Crippen molar-refractivity contribution in [2.45, 2.75) is 11.8 Å². The number of aromatic nitrogens is 4. The first kappa shape index (κ1) is 18.3. The van der Waals surface area contributed by atoms with E-state index in [0.717, 1.165) is 17.8 Å². The summed E-state index contributed by atoms with van der Waals surface area (Å²) in [5.41, 5.74) is 2.78. The molecule has 1 aromatic carbocycles. The molecule has 0 radical (unpaired) electrons. The molecule has 0 saturated carbocycles. The molecule has 4 rings (SSSR count). The molecule has 0 aliphatic carbocycles. The largest absolute Gasteiger partial charge is 0.276 e. The van der Waals surface area contributed by atoms with E-state index in [4.69, 9.17) is 11.6 Å². The summed E-state index contributed by atoms with van der Waals surface area (Å²) in [5.74, 6) is -0.531. The minimum absolute atomic E-state index is 0.0191. The summed E-state index contributed by atoms with van der Waals surface area (Å²) < 4.78 is 42.2. The normalized spacial score (nSPS) is 11.7. The van der Waals surface area contributed by atoms with Gasteiger partial charge in [0.2, 0.25) is 0 Å². The highest BCUT2D eigenvalue weighted by Gasteiger charge is 2.17. The molecule has 10 heteroatoms. The van der Waals surface area contributed by atoms with E-state index in [1.54, 1.807) is 22.8 Å². The van der Waals surface area contributed by atoms with Gasteiger partial charge in [0.25, 0.3) is 10.0 Å². The summed E-state index contributed by atoms with van der Waals surface area (Å²) >= 11 is 6.07. The van der Waals surface area contributed by atoms with Crippen LogP contribution in [-0.4, -0.2) is 28.0 Å². The van der Waals surface area contributed by atoms with Crippen LogP contribution in [0.4, 0.5) is 10.1 Å². The second-order valence-electron chi connectivity index (χ2n) is 6.01. The number of halogens is 2. The third kappa shape index (κ3) is 3.41. The first-order valence-corrected chi connectivity index (χ1v) is 9.95. The molecular weight excluding hydrogens is 405 g/mol. The standard InChI is InChI=1S/C18H13ClFN5O2S/c1-11-9-21-17-7-6-15(23-25(11)17)12-8-16(18(19)22-10-12)24-28(26,27)14-4-2-13(20)3-5-14/h2-10,24H,1H3. The number of benzene rings is 1. The predicted octanol–water partition coefficient (Wildman–Crippen LogP) is 3.69. The monoisotopic (exact) mass is 417 g/mol. The molecule has 0 atom stereocenters. The molecule has 28 heavy (non-hydrogen) atoms. The van der Waals surface area contributed by atoms with Crippen LogP contribution in [0.2, 0.25) is 5.15 Å². The molecule has 0 bridgehead atoms. The molecule has 0 amide bonds. The number of hydrogen-bond donors (Lipinski definition) is 1. The Morgan fingerprint density at radius 2 is 1.82 bits per heavy atom. The number of aryl methyl sites for hydroxylation is 1. The van der Waals surface area contributed by atoms with Gasteiger partial charge in [-0.25, -0.2) is 27.3 Å². The van der Waals surface area contributed by atoms with Crippen molar-refractivity contribution in [1.82, 2.24) is 19.6 Å². The summed E-state index contributed by atoms with van der Waals surface area (Å²) in [6.45, 7) is 1.87. The van der Waals surface area contributed by atoms with Crippen LogP contribution in [-0.2, 0) is 10.0 Å². The third-order valence-corrected chi connectivity index (χ3v) is 5.72. The number of nitrogens with one attached hydrogen (secondary N) is 1. The molecule has 0 spiro atoms. The highest BCUT2D eigenvalue weighted by Crippen LogP contribution is 2.28. The molecule has 7 nitrogen and oxygen atoms in total. The van der Waals surface area contributed by atoms with Gasteiger partial charge in [0.05, 0.1) is 28.2 Å². The summed E-state index contributed by atoms with van der Waals surface area (Å²) in [5, 5.41) is 4.47. The molecular formula is C18H13ClFN5O2S. The van der Waals surface area contributed by atoms with Crippen LogP contribution in [0.25, 0.3) is 16.9 Å². The van der Waals surface area contributed by atoms with Crippen molar-refractivity contribution in [1.29, 1.82) is 0 Å². The molecule has 3 heterocycles. The third-order valence-electron chi connectivity index (χ3n) is 4.04. The fourth-order valence-electron chi connectivity index (χ4n) is 2.62. The number of sulfonamides is 1. The van der Waals surface area contributed by atoms with Crippen molar-refractivity contribution in [3.8, 4) is 11.3 Å². The second kappa shape index (κ2) is 6.84. The number of nitrogens with zero attached hydrogens (tertiary/aromatic N) is 4. The highest BCUT2D eigenvalue weighted by molar-refractivity contribution is 7.92. The van der Waals surface area contributed by atoms with Crippen LogP contribution in [0.3, 0.4) is 0 Å².